The quantitative estimate of drug-likeness (QED) is 0.168. The summed E-state index contributed by atoms with van der Waals surface area (Å²) in [5.41, 5.74) is 13.1. The lowest BCUT2D eigenvalue weighted by Crippen LogP contribution is -2.09. The van der Waals surface area contributed by atoms with Gasteiger partial charge in [-0.3, -0.25) is 0 Å². The first kappa shape index (κ1) is 29.8. The number of para-hydroxylation sites is 1. The summed E-state index contributed by atoms with van der Waals surface area (Å²) in [6.07, 6.45) is 0. The number of nitrogens with zero attached hydrogens (tertiary/aromatic N) is 3. The Balaban J connectivity index is 1.25. The van der Waals surface area contributed by atoms with Crippen LogP contribution in [0.1, 0.15) is 0 Å². The summed E-state index contributed by atoms with van der Waals surface area (Å²) in [5.74, 6) is 0. The van der Waals surface area contributed by atoms with Gasteiger partial charge in [0.2, 0.25) is 0 Å². The minimum atomic E-state index is 0.842. The monoisotopic (exact) mass is 627 g/mol. The van der Waals surface area contributed by atoms with Crippen LogP contribution < -0.4 is 4.90 Å². The SMILES string of the molecule is c1ccc(-c2ccc(N(c3ccccc3)c3ccc(-c4nc(-c5ccccc5)c(-c5ccccc5)nc4-c4ccccc4)cc3)cc2)cc1. The predicted octanol–water partition coefficient (Wildman–Crippen LogP) is 12.3. The molecule has 0 saturated carbocycles. The molecule has 3 nitrogen and oxygen atoms in total. The summed E-state index contributed by atoms with van der Waals surface area (Å²) in [7, 11) is 0. The molecule has 1 heterocycles. The molecular weight excluding hydrogens is 595 g/mol. The van der Waals surface area contributed by atoms with Crippen LogP contribution in [0.4, 0.5) is 17.1 Å². The number of hydrogen-bond acceptors (Lipinski definition) is 3. The van der Waals surface area contributed by atoms with Gasteiger partial charge in [-0.05, 0) is 47.5 Å². The lowest BCUT2D eigenvalue weighted by molar-refractivity contribution is 1.21. The molecule has 3 heteroatoms. The molecule has 0 atom stereocenters. The first-order valence-electron chi connectivity index (χ1n) is 16.5. The molecule has 0 aliphatic rings. The highest BCUT2D eigenvalue weighted by atomic mass is 15.1. The van der Waals surface area contributed by atoms with Crippen molar-refractivity contribution < 1.29 is 0 Å². The topological polar surface area (TPSA) is 29.0 Å². The van der Waals surface area contributed by atoms with Gasteiger partial charge in [-0.2, -0.15) is 0 Å². The normalized spacial score (nSPS) is 10.9. The Morgan fingerprint density at radius 2 is 0.469 bits per heavy atom. The molecule has 0 saturated heterocycles. The van der Waals surface area contributed by atoms with Crippen LogP contribution in [0.25, 0.3) is 56.2 Å². The number of anilines is 3. The Hall–Kier alpha value is -6.58. The molecule has 0 aliphatic heterocycles. The van der Waals surface area contributed by atoms with Crippen LogP contribution in [0.15, 0.2) is 200 Å². The zero-order valence-electron chi connectivity index (χ0n) is 26.9. The zero-order chi connectivity index (χ0) is 32.8. The molecule has 8 rings (SSSR count). The standard InChI is InChI=1S/C46H33N3/c1-6-16-34(17-7-1)35-26-30-41(31-27-35)49(40-24-14-5-15-25-40)42-32-28-39(29-33-42)46-45(38-22-12-4-13-23-38)47-43(36-18-8-2-9-19-36)44(48-46)37-20-10-3-11-21-37/h1-33H. The van der Waals surface area contributed by atoms with Crippen LogP contribution in [0.2, 0.25) is 0 Å². The van der Waals surface area contributed by atoms with E-state index in [2.05, 4.69) is 169 Å². The van der Waals surface area contributed by atoms with Gasteiger partial charge in [0.05, 0.1) is 22.8 Å². The number of hydrogen-bond donors (Lipinski definition) is 0. The molecule has 0 aliphatic carbocycles. The predicted molar refractivity (Wildman–Crippen MR) is 204 cm³/mol. The highest BCUT2D eigenvalue weighted by molar-refractivity contribution is 5.87. The van der Waals surface area contributed by atoms with Crippen molar-refractivity contribution in [1.82, 2.24) is 9.97 Å². The van der Waals surface area contributed by atoms with Crippen LogP contribution >= 0.6 is 0 Å². The van der Waals surface area contributed by atoms with Crippen molar-refractivity contribution in [2.75, 3.05) is 4.90 Å². The fourth-order valence-electron chi connectivity index (χ4n) is 6.25. The Morgan fingerprint density at radius 1 is 0.224 bits per heavy atom. The summed E-state index contributed by atoms with van der Waals surface area (Å²) in [4.78, 5) is 13.1. The van der Waals surface area contributed by atoms with Crippen molar-refractivity contribution in [3.05, 3.63) is 200 Å². The number of benzene rings is 7. The van der Waals surface area contributed by atoms with Gasteiger partial charge in [-0.15, -0.1) is 0 Å². The van der Waals surface area contributed by atoms with E-state index in [0.29, 0.717) is 0 Å². The van der Waals surface area contributed by atoms with E-state index in [1.165, 1.54) is 11.1 Å². The van der Waals surface area contributed by atoms with E-state index in [9.17, 15) is 0 Å². The first-order chi connectivity index (χ1) is 24.3. The highest BCUT2D eigenvalue weighted by Gasteiger charge is 2.20. The van der Waals surface area contributed by atoms with E-state index in [-0.39, 0.29) is 0 Å². The van der Waals surface area contributed by atoms with Crippen molar-refractivity contribution >= 4 is 17.1 Å². The third-order valence-corrected chi connectivity index (χ3v) is 8.68. The molecule has 49 heavy (non-hydrogen) atoms. The van der Waals surface area contributed by atoms with Gasteiger partial charge >= 0.3 is 0 Å². The molecule has 0 amide bonds. The molecule has 232 valence electrons. The Labute approximate surface area is 287 Å². The van der Waals surface area contributed by atoms with Crippen LogP contribution in [0.5, 0.6) is 0 Å². The van der Waals surface area contributed by atoms with E-state index in [1.807, 2.05) is 36.4 Å². The maximum atomic E-state index is 5.42. The molecule has 8 aromatic rings. The second-order valence-corrected chi connectivity index (χ2v) is 11.8. The van der Waals surface area contributed by atoms with Crippen molar-refractivity contribution in [3.8, 4) is 56.2 Å². The van der Waals surface area contributed by atoms with Crippen molar-refractivity contribution in [1.29, 1.82) is 0 Å². The Bertz CT molecular complexity index is 2270. The van der Waals surface area contributed by atoms with Gasteiger partial charge in [0.25, 0.3) is 0 Å². The van der Waals surface area contributed by atoms with Crippen molar-refractivity contribution in [2.24, 2.45) is 0 Å². The third-order valence-electron chi connectivity index (χ3n) is 8.68. The van der Waals surface area contributed by atoms with Gasteiger partial charge in [-0.1, -0.05) is 164 Å². The fourth-order valence-corrected chi connectivity index (χ4v) is 6.25. The molecule has 0 N–H and O–H groups in total. The highest BCUT2D eigenvalue weighted by Crippen LogP contribution is 2.40. The molecule has 7 aromatic carbocycles. The lowest BCUT2D eigenvalue weighted by atomic mass is 9.99. The summed E-state index contributed by atoms with van der Waals surface area (Å²) in [5, 5.41) is 0. The molecule has 0 unspecified atom stereocenters. The van der Waals surface area contributed by atoms with Gasteiger partial charge < -0.3 is 4.90 Å². The van der Waals surface area contributed by atoms with E-state index < -0.39 is 0 Å². The summed E-state index contributed by atoms with van der Waals surface area (Å²) in [6, 6.07) is 69.5. The second kappa shape index (κ2) is 13.6. The first-order valence-corrected chi connectivity index (χ1v) is 16.5. The molecule has 0 radical (unpaired) electrons. The minimum absolute atomic E-state index is 0.842. The Morgan fingerprint density at radius 3 is 0.837 bits per heavy atom. The maximum Gasteiger partial charge on any atom is 0.0973 e. The lowest BCUT2D eigenvalue weighted by Gasteiger charge is -2.26. The fraction of sp³-hybridized carbons (Fsp3) is 0. The molecular formula is C46H33N3. The minimum Gasteiger partial charge on any atom is -0.311 e. The van der Waals surface area contributed by atoms with E-state index in [1.54, 1.807) is 0 Å². The smallest absolute Gasteiger partial charge is 0.0973 e. The molecule has 0 spiro atoms. The average Bonchev–Trinajstić information content (AvgIpc) is 3.20. The molecule has 1 aromatic heterocycles. The van der Waals surface area contributed by atoms with Crippen LogP contribution in [-0.2, 0) is 0 Å². The number of aromatic nitrogens is 2. The van der Waals surface area contributed by atoms with E-state index in [4.69, 9.17) is 9.97 Å². The van der Waals surface area contributed by atoms with Crippen molar-refractivity contribution in [2.45, 2.75) is 0 Å². The average molecular weight is 628 g/mol. The van der Waals surface area contributed by atoms with Crippen molar-refractivity contribution in [3.63, 3.8) is 0 Å². The van der Waals surface area contributed by atoms with Crippen LogP contribution in [0.3, 0.4) is 0 Å². The van der Waals surface area contributed by atoms with Gasteiger partial charge in [0.1, 0.15) is 0 Å². The van der Waals surface area contributed by atoms with E-state index >= 15 is 0 Å². The largest absolute Gasteiger partial charge is 0.311 e. The Kier molecular flexibility index (Phi) is 8.30. The van der Waals surface area contributed by atoms with Gasteiger partial charge in [0.15, 0.2) is 0 Å². The van der Waals surface area contributed by atoms with Crippen LogP contribution in [-0.4, -0.2) is 9.97 Å². The number of rotatable bonds is 8. The third kappa shape index (κ3) is 6.26. The molecule has 0 fully saturated rings. The maximum absolute atomic E-state index is 5.42. The van der Waals surface area contributed by atoms with Crippen LogP contribution in [0, 0.1) is 0 Å². The summed E-state index contributed by atoms with van der Waals surface area (Å²) in [6.45, 7) is 0. The second-order valence-electron chi connectivity index (χ2n) is 11.8. The van der Waals surface area contributed by atoms with Gasteiger partial charge in [0, 0.05) is 39.3 Å². The summed E-state index contributed by atoms with van der Waals surface area (Å²) < 4.78 is 0. The van der Waals surface area contributed by atoms with E-state index in [0.717, 1.165) is 62.1 Å². The molecule has 0 bridgehead atoms. The van der Waals surface area contributed by atoms with Gasteiger partial charge in [-0.25, -0.2) is 9.97 Å². The summed E-state index contributed by atoms with van der Waals surface area (Å²) >= 11 is 0. The zero-order valence-corrected chi connectivity index (χ0v) is 26.9.